The predicted octanol–water partition coefficient (Wildman–Crippen LogP) is 4.35. The highest BCUT2D eigenvalue weighted by Crippen LogP contribution is 2.29. The predicted molar refractivity (Wildman–Crippen MR) is 122 cm³/mol. The summed E-state index contributed by atoms with van der Waals surface area (Å²) in [4.78, 5) is 13.0. The van der Waals surface area contributed by atoms with Crippen LogP contribution in [0.1, 0.15) is 18.9 Å². The molecule has 1 amide bonds. The third-order valence-electron chi connectivity index (χ3n) is 4.35. The first kappa shape index (κ1) is 22.2. The van der Waals surface area contributed by atoms with Gasteiger partial charge in [0.25, 0.3) is 0 Å². The first-order valence-electron chi connectivity index (χ1n) is 9.15. The van der Waals surface area contributed by atoms with Crippen molar-refractivity contribution in [2.75, 3.05) is 15.9 Å². The third-order valence-corrected chi connectivity index (χ3v) is 6.65. The highest BCUT2D eigenvalue weighted by molar-refractivity contribution is 7.92. The lowest BCUT2D eigenvalue weighted by atomic mass is 10.2. The maximum absolute atomic E-state index is 13.0. The molecular weight excluding hydrogens is 444 g/mol. The normalized spacial score (nSPS) is 12.4. The molecule has 0 radical (unpaired) electrons. The SMILES string of the molecule is CC[C@H](C(=O)Nc1nnc(-c2ccc(C)cc2)s1)N(c1cccc(Cl)c1)S(C)(=O)=O. The number of nitrogens with zero attached hydrogens (tertiary/aromatic N) is 3. The Hall–Kier alpha value is -2.49. The molecule has 0 fully saturated rings. The topological polar surface area (TPSA) is 92.3 Å². The average molecular weight is 465 g/mol. The molecule has 0 saturated carbocycles. The summed E-state index contributed by atoms with van der Waals surface area (Å²) in [6, 6.07) is 13.2. The smallest absolute Gasteiger partial charge is 0.250 e. The molecule has 1 heterocycles. The third kappa shape index (κ3) is 5.16. The first-order chi connectivity index (χ1) is 14.2. The van der Waals surface area contributed by atoms with Gasteiger partial charge in [-0.3, -0.25) is 14.4 Å². The number of aryl methyl sites for hydroxylation is 1. The zero-order valence-corrected chi connectivity index (χ0v) is 19.1. The molecule has 7 nitrogen and oxygen atoms in total. The van der Waals surface area contributed by atoms with Crippen LogP contribution in [0.3, 0.4) is 0 Å². The van der Waals surface area contributed by atoms with Crippen LogP contribution in [0.5, 0.6) is 0 Å². The van der Waals surface area contributed by atoms with Gasteiger partial charge in [-0.15, -0.1) is 10.2 Å². The van der Waals surface area contributed by atoms with E-state index in [2.05, 4.69) is 15.5 Å². The Kier molecular flexibility index (Phi) is 6.74. The Morgan fingerprint density at radius 3 is 2.50 bits per heavy atom. The van der Waals surface area contributed by atoms with Crippen LogP contribution >= 0.6 is 22.9 Å². The van der Waals surface area contributed by atoms with Gasteiger partial charge in [0.05, 0.1) is 11.9 Å². The van der Waals surface area contributed by atoms with Crippen LogP contribution in [0.15, 0.2) is 48.5 Å². The van der Waals surface area contributed by atoms with Crippen molar-refractivity contribution in [2.24, 2.45) is 0 Å². The van der Waals surface area contributed by atoms with Gasteiger partial charge in [0.15, 0.2) is 0 Å². The monoisotopic (exact) mass is 464 g/mol. The van der Waals surface area contributed by atoms with E-state index < -0.39 is 22.0 Å². The van der Waals surface area contributed by atoms with Gasteiger partial charge in [-0.05, 0) is 31.5 Å². The Balaban J connectivity index is 1.85. The van der Waals surface area contributed by atoms with Crippen LogP contribution in [0.25, 0.3) is 10.6 Å². The molecule has 10 heteroatoms. The summed E-state index contributed by atoms with van der Waals surface area (Å²) >= 11 is 7.25. The van der Waals surface area contributed by atoms with E-state index in [1.54, 1.807) is 25.1 Å². The Labute approximate surface area is 184 Å². The summed E-state index contributed by atoms with van der Waals surface area (Å²) in [6.07, 6.45) is 1.32. The molecular formula is C20H21ClN4O3S2. The quantitative estimate of drug-likeness (QED) is 0.561. The van der Waals surface area contributed by atoms with Crippen molar-refractivity contribution in [3.63, 3.8) is 0 Å². The Morgan fingerprint density at radius 2 is 1.90 bits per heavy atom. The highest BCUT2D eigenvalue weighted by atomic mass is 35.5. The van der Waals surface area contributed by atoms with Crippen molar-refractivity contribution in [1.82, 2.24) is 10.2 Å². The molecule has 0 aliphatic heterocycles. The van der Waals surface area contributed by atoms with Gasteiger partial charge in [0, 0.05) is 10.6 Å². The maximum atomic E-state index is 13.0. The molecule has 30 heavy (non-hydrogen) atoms. The van der Waals surface area contributed by atoms with E-state index in [9.17, 15) is 13.2 Å². The van der Waals surface area contributed by atoms with E-state index in [1.807, 2.05) is 31.2 Å². The molecule has 0 bridgehead atoms. The molecule has 0 aliphatic rings. The van der Waals surface area contributed by atoms with Crippen LogP contribution in [0.2, 0.25) is 5.02 Å². The number of anilines is 2. The number of halogens is 1. The van der Waals surface area contributed by atoms with Gasteiger partial charge < -0.3 is 0 Å². The second-order valence-electron chi connectivity index (χ2n) is 6.73. The van der Waals surface area contributed by atoms with Crippen LogP contribution in [-0.2, 0) is 14.8 Å². The lowest BCUT2D eigenvalue weighted by molar-refractivity contribution is -0.117. The molecule has 0 aliphatic carbocycles. The summed E-state index contributed by atoms with van der Waals surface area (Å²) in [6.45, 7) is 3.73. The second-order valence-corrected chi connectivity index (χ2v) is 10.0. The fourth-order valence-corrected chi connectivity index (χ4v) is 5.09. The van der Waals surface area contributed by atoms with Crippen LogP contribution in [0.4, 0.5) is 10.8 Å². The molecule has 2 aromatic carbocycles. The minimum atomic E-state index is -3.74. The molecule has 1 aromatic heterocycles. The van der Waals surface area contributed by atoms with Crippen molar-refractivity contribution >= 4 is 49.7 Å². The number of nitrogens with one attached hydrogen (secondary N) is 1. The summed E-state index contributed by atoms with van der Waals surface area (Å²) in [5.74, 6) is -0.491. The zero-order chi connectivity index (χ0) is 21.9. The van der Waals surface area contributed by atoms with Gasteiger partial charge >= 0.3 is 0 Å². The first-order valence-corrected chi connectivity index (χ1v) is 12.2. The molecule has 3 rings (SSSR count). The van der Waals surface area contributed by atoms with E-state index >= 15 is 0 Å². The zero-order valence-electron chi connectivity index (χ0n) is 16.7. The van der Waals surface area contributed by atoms with E-state index in [0.717, 1.165) is 21.7 Å². The lowest BCUT2D eigenvalue weighted by Crippen LogP contribution is -2.47. The van der Waals surface area contributed by atoms with Crippen LogP contribution < -0.4 is 9.62 Å². The number of benzene rings is 2. The Bertz CT molecular complexity index is 1150. The summed E-state index contributed by atoms with van der Waals surface area (Å²) in [5, 5.41) is 12.2. The van der Waals surface area contributed by atoms with E-state index in [4.69, 9.17) is 11.6 Å². The molecule has 0 spiro atoms. The van der Waals surface area contributed by atoms with Crippen molar-refractivity contribution in [3.8, 4) is 10.6 Å². The van der Waals surface area contributed by atoms with Crippen molar-refractivity contribution in [1.29, 1.82) is 0 Å². The lowest BCUT2D eigenvalue weighted by Gasteiger charge is -2.29. The highest BCUT2D eigenvalue weighted by Gasteiger charge is 2.32. The van der Waals surface area contributed by atoms with Gasteiger partial charge in [-0.1, -0.05) is 65.8 Å². The Morgan fingerprint density at radius 1 is 1.20 bits per heavy atom. The average Bonchev–Trinajstić information content (AvgIpc) is 3.13. The van der Waals surface area contributed by atoms with Crippen LogP contribution in [0, 0.1) is 6.92 Å². The minimum absolute atomic E-state index is 0.259. The van der Waals surface area contributed by atoms with Crippen molar-refractivity contribution in [2.45, 2.75) is 26.3 Å². The van der Waals surface area contributed by atoms with Gasteiger partial charge in [-0.2, -0.15) is 0 Å². The van der Waals surface area contributed by atoms with Crippen molar-refractivity contribution in [3.05, 3.63) is 59.1 Å². The maximum Gasteiger partial charge on any atom is 0.250 e. The van der Waals surface area contributed by atoms with Crippen LogP contribution in [-0.4, -0.2) is 36.8 Å². The largest absolute Gasteiger partial charge is 0.299 e. The number of carbonyl (C=O) groups is 1. The fourth-order valence-electron chi connectivity index (χ4n) is 2.95. The standard InChI is InChI=1S/C20H21ClN4O3S2/c1-4-17(25(30(3,27)28)16-7-5-6-15(21)12-16)18(26)22-20-24-23-19(29-20)14-10-8-13(2)9-11-14/h5-12,17H,4H2,1-3H3,(H,22,24,26)/t17-/m1/s1. The number of hydrogen-bond acceptors (Lipinski definition) is 6. The summed E-state index contributed by atoms with van der Waals surface area (Å²) < 4.78 is 26.1. The molecule has 3 aromatic rings. The summed E-state index contributed by atoms with van der Waals surface area (Å²) in [7, 11) is -3.74. The number of sulfonamides is 1. The second kappa shape index (κ2) is 9.11. The van der Waals surface area contributed by atoms with E-state index in [1.165, 1.54) is 17.4 Å². The number of amides is 1. The molecule has 0 unspecified atom stereocenters. The molecule has 158 valence electrons. The van der Waals surface area contributed by atoms with Gasteiger partial charge in [-0.25, -0.2) is 8.42 Å². The molecule has 0 saturated heterocycles. The molecule has 1 atom stereocenters. The number of aromatic nitrogens is 2. The van der Waals surface area contributed by atoms with Crippen molar-refractivity contribution < 1.29 is 13.2 Å². The molecule has 1 N–H and O–H groups in total. The fraction of sp³-hybridized carbons (Fsp3) is 0.250. The van der Waals surface area contributed by atoms with E-state index in [0.29, 0.717) is 20.8 Å². The number of hydrogen-bond donors (Lipinski definition) is 1. The summed E-state index contributed by atoms with van der Waals surface area (Å²) in [5.41, 5.74) is 2.34. The van der Waals surface area contributed by atoms with E-state index in [-0.39, 0.29) is 6.42 Å². The van der Waals surface area contributed by atoms with Gasteiger partial charge in [0.1, 0.15) is 11.0 Å². The van der Waals surface area contributed by atoms with Gasteiger partial charge in [0.2, 0.25) is 21.1 Å². The number of carbonyl (C=O) groups excluding carboxylic acids is 1. The minimum Gasteiger partial charge on any atom is -0.299 e. The number of rotatable bonds is 7.